The van der Waals surface area contributed by atoms with Crippen LogP contribution >= 0.6 is 0 Å². The quantitative estimate of drug-likeness (QED) is 0.639. The minimum absolute atomic E-state index is 0.0808. The number of H-pyrrole nitrogens is 1. The SMILES string of the molecule is N[C@@H]1C[C@H](O)[C@H]1CC(=O)Nc1cc(C2CCOCC2)[nH]n1. The molecule has 1 aliphatic carbocycles. The van der Waals surface area contributed by atoms with E-state index in [1.54, 1.807) is 0 Å². The molecular weight excluding hydrogens is 272 g/mol. The van der Waals surface area contributed by atoms with Crippen LogP contribution in [0.5, 0.6) is 0 Å². The first-order valence-corrected chi connectivity index (χ1v) is 7.50. The van der Waals surface area contributed by atoms with Gasteiger partial charge in [0.2, 0.25) is 5.91 Å². The van der Waals surface area contributed by atoms with Crippen molar-refractivity contribution in [2.45, 2.75) is 43.7 Å². The van der Waals surface area contributed by atoms with Crippen LogP contribution in [0.15, 0.2) is 6.07 Å². The Morgan fingerprint density at radius 2 is 2.29 bits per heavy atom. The molecule has 3 rings (SSSR count). The Labute approximate surface area is 123 Å². The molecule has 0 radical (unpaired) electrons. The highest BCUT2D eigenvalue weighted by Gasteiger charge is 2.38. The highest BCUT2D eigenvalue weighted by Crippen LogP contribution is 2.30. The predicted molar refractivity (Wildman–Crippen MR) is 76.7 cm³/mol. The Kier molecular flexibility index (Phi) is 4.23. The average molecular weight is 294 g/mol. The van der Waals surface area contributed by atoms with Crippen LogP contribution in [-0.2, 0) is 9.53 Å². The zero-order valence-electron chi connectivity index (χ0n) is 11.9. The van der Waals surface area contributed by atoms with Crippen molar-refractivity contribution in [1.82, 2.24) is 10.2 Å². The van der Waals surface area contributed by atoms with E-state index in [2.05, 4.69) is 15.5 Å². The fourth-order valence-corrected chi connectivity index (χ4v) is 3.03. The van der Waals surface area contributed by atoms with Crippen molar-refractivity contribution in [3.05, 3.63) is 11.8 Å². The molecule has 0 spiro atoms. The van der Waals surface area contributed by atoms with Gasteiger partial charge < -0.3 is 20.9 Å². The third kappa shape index (κ3) is 3.25. The second-order valence-corrected chi connectivity index (χ2v) is 5.98. The second kappa shape index (κ2) is 6.13. The van der Waals surface area contributed by atoms with Gasteiger partial charge in [0.1, 0.15) is 0 Å². The Morgan fingerprint density at radius 1 is 1.52 bits per heavy atom. The zero-order valence-corrected chi connectivity index (χ0v) is 11.9. The van der Waals surface area contributed by atoms with Crippen molar-refractivity contribution in [3.63, 3.8) is 0 Å². The van der Waals surface area contributed by atoms with Crippen LogP contribution in [0.2, 0.25) is 0 Å². The van der Waals surface area contributed by atoms with Gasteiger partial charge in [-0.25, -0.2) is 0 Å². The molecule has 0 bridgehead atoms. The molecular formula is C14H22N4O3. The number of nitrogens with two attached hydrogens (primary N) is 1. The Morgan fingerprint density at radius 3 is 2.95 bits per heavy atom. The van der Waals surface area contributed by atoms with Gasteiger partial charge in [-0.05, 0) is 19.3 Å². The van der Waals surface area contributed by atoms with Crippen LogP contribution in [0.4, 0.5) is 5.82 Å². The molecule has 1 aromatic heterocycles. The van der Waals surface area contributed by atoms with Crippen molar-refractivity contribution in [3.8, 4) is 0 Å². The average Bonchev–Trinajstić information content (AvgIpc) is 2.94. The number of aliphatic hydroxyl groups excluding tert-OH is 1. The summed E-state index contributed by atoms with van der Waals surface area (Å²) in [7, 11) is 0. The summed E-state index contributed by atoms with van der Waals surface area (Å²) < 4.78 is 5.34. The van der Waals surface area contributed by atoms with Gasteiger partial charge in [-0.1, -0.05) is 0 Å². The second-order valence-electron chi connectivity index (χ2n) is 5.98. The maximum absolute atomic E-state index is 11.9. The molecule has 21 heavy (non-hydrogen) atoms. The van der Waals surface area contributed by atoms with Crippen LogP contribution in [-0.4, -0.2) is 46.6 Å². The van der Waals surface area contributed by atoms with Crippen LogP contribution < -0.4 is 11.1 Å². The molecule has 5 N–H and O–H groups in total. The summed E-state index contributed by atoms with van der Waals surface area (Å²) in [5.74, 6) is 0.654. The van der Waals surface area contributed by atoms with Gasteiger partial charge in [-0.2, -0.15) is 5.10 Å². The third-order valence-corrected chi connectivity index (χ3v) is 4.51. The van der Waals surface area contributed by atoms with Crippen LogP contribution in [0.1, 0.15) is 37.3 Å². The fraction of sp³-hybridized carbons (Fsp3) is 0.714. The molecule has 0 aromatic carbocycles. The minimum Gasteiger partial charge on any atom is -0.393 e. The molecule has 1 saturated heterocycles. The summed E-state index contributed by atoms with van der Waals surface area (Å²) in [5, 5.41) is 19.5. The molecule has 2 fully saturated rings. The van der Waals surface area contributed by atoms with Gasteiger partial charge in [0.15, 0.2) is 5.82 Å². The lowest BCUT2D eigenvalue weighted by Gasteiger charge is -2.38. The predicted octanol–water partition coefficient (Wildman–Crippen LogP) is 0.340. The van der Waals surface area contributed by atoms with Gasteiger partial charge in [0.25, 0.3) is 0 Å². The largest absolute Gasteiger partial charge is 0.393 e. The van der Waals surface area contributed by atoms with E-state index in [1.807, 2.05) is 6.07 Å². The lowest BCUT2D eigenvalue weighted by Crippen LogP contribution is -2.52. The number of amides is 1. The van der Waals surface area contributed by atoms with Crippen LogP contribution in [0, 0.1) is 5.92 Å². The number of aromatic nitrogens is 2. The van der Waals surface area contributed by atoms with Crippen molar-refractivity contribution in [1.29, 1.82) is 0 Å². The number of hydrogen-bond donors (Lipinski definition) is 4. The number of anilines is 1. The topological polar surface area (TPSA) is 113 Å². The number of rotatable bonds is 4. The van der Waals surface area contributed by atoms with E-state index >= 15 is 0 Å². The smallest absolute Gasteiger partial charge is 0.226 e. The van der Waals surface area contributed by atoms with Crippen LogP contribution in [0.25, 0.3) is 0 Å². The lowest BCUT2D eigenvalue weighted by molar-refractivity contribution is -0.120. The van der Waals surface area contributed by atoms with E-state index in [4.69, 9.17) is 10.5 Å². The molecule has 0 unspecified atom stereocenters. The summed E-state index contributed by atoms with van der Waals surface area (Å²) in [6, 6.07) is 1.80. The van der Waals surface area contributed by atoms with Crippen molar-refractivity contribution >= 4 is 11.7 Å². The number of nitrogens with one attached hydrogen (secondary N) is 2. The van der Waals surface area contributed by atoms with E-state index in [9.17, 15) is 9.90 Å². The van der Waals surface area contributed by atoms with Crippen molar-refractivity contribution in [2.75, 3.05) is 18.5 Å². The summed E-state index contributed by atoms with van der Waals surface area (Å²) in [5.41, 5.74) is 6.82. The molecule has 1 saturated carbocycles. The monoisotopic (exact) mass is 294 g/mol. The molecule has 1 amide bonds. The number of aromatic amines is 1. The van der Waals surface area contributed by atoms with Gasteiger partial charge in [0.05, 0.1) is 6.10 Å². The number of nitrogens with zero attached hydrogens (tertiary/aromatic N) is 1. The summed E-state index contributed by atoms with van der Waals surface area (Å²) in [4.78, 5) is 11.9. The summed E-state index contributed by atoms with van der Waals surface area (Å²) in [6.07, 6.45) is 2.30. The molecule has 7 heteroatoms. The first-order chi connectivity index (χ1) is 10.1. The number of carbonyl (C=O) groups excluding carboxylic acids is 1. The lowest BCUT2D eigenvalue weighted by atomic mass is 9.75. The number of carbonyl (C=O) groups is 1. The summed E-state index contributed by atoms with van der Waals surface area (Å²) in [6.45, 7) is 1.53. The number of aliphatic hydroxyl groups is 1. The van der Waals surface area contributed by atoms with Gasteiger partial charge >= 0.3 is 0 Å². The molecule has 116 valence electrons. The normalized spacial score (nSPS) is 29.9. The molecule has 1 aliphatic heterocycles. The van der Waals surface area contributed by atoms with E-state index in [0.717, 1.165) is 31.7 Å². The molecule has 7 nitrogen and oxygen atoms in total. The maximum atomic E-state index is 11.9. The highest BCUT2D eigenvalue weighted by atomic mass is 16.5. The van der Waals surface area contributed by atoms with Gasteiger partial charge in [0, 0.05) is 49.3 Å². The molecule has 1 aromatic rings. The minimum atomic E-state index is -0.456. The molecule has 3 atom stereocenters. The van der Waals surface area contributed by atoms with Crippen LogP contribution in [0.3, 0.4) is 0 Å². The van der Waals surface area contributed by atoms with E-state index < -0.39 is 6.10 Å². The zero-order chi connectivity index (χ0) is 14.8. The van der Waals surface area contributed by atoms with Gasteiger partial charge in [-0.3, -0.25) is 9.89 Å². The van der Waals surface area contributed by atoms with E-state index in [-0.39, 0.29) is 24.3 Å². The van der Waals surface area contributed by atoms with E-state index in [0.29, 0.717) is 18.2 Å². The standard InChI is InChI=1S/C14H22N4O3/c15-10-6-12(19)9(10)5-14(20)16-13-7-11(17-18-13)8-1-3-21-4-2-8/h7-10,12,19H,1-6,15H2,(H2,16,17,18,20)/t9-,10+,12-/m0/s1. The van der Waals surface area contributed by atoms with Crippen molar-refractivity contribution < 1.29 is 14.6 Å². The Hall–Kier alpha value is -1.44. The molecule has 2 heterocycles. The first kappa shape index (κ1) is 14.5. The first-order valence-electron chi connectivity index (χ1n) is 7.50. The Balaban J connectivity index is 1.53. The van der Waals surface area contributed by atoms with Gasteiger partial charge in [-0.15, -0.1) is 0 Å². The number of hydrogen-bond acceptors (Lipinski definition) is 5. The van der Waals surface area contributed by atoms with E-state index in [1.165, 1.54) is 0 Å². The number of ether oxygens (including phenoxy) is 1. The summed E-state index contributed by atoms with van der Waals surface area (Å²) >= 11 is 0. The van der Waals surface area contributed by atoms with Crippen molar-refractivity contribution in [2.24, 2.45) is 11.7 Å². The maximum Gasteiger partial charge on any atom is 0.226 e. The fourth-order valence-electron chi connectivity index (χ4n) is 3.03. The third-order valence-electron chi connectivity index (χ3n) is 4.51. The highest BCUT2D eigenvalue weighted by molar-refractivity contribution is 5.90. The molecule has 2 aliphatic rings. The Bertz CT molecular complexity index is 490.